The van der Waals surface area contributed by atoms with Crippen molar-refractivity contribution < 1.29 is 14.0 Å². The summed E-state index contributed by atoms with van der Waals surface area (Å²) in [6.45, 7) is 0. The fraction of sp³-hybridized carbons (Fsp3) is 0.0400. The second-order valence-corrected chi connectivity index (χ2v) is 8.84. The highest BCUT2D eigenvalue weighted by Crippen LogP contribution is 2.24. The molecule has 4 rings (SSSR count). The third kappa shape index (κ3) is 6.57. The molecule has 6 nitrogen and oxygen atoms in total. The molecular formula is C25H17Cl2N3O3S. The summed E-state index contributed by atoms with van der Waals surface area (Å²) in [5.74, 6) is 0.0615. The number of carbonyl (C=O) groups is 2. The van der Waals surface area contributed by atoms with Crippen molar-refractivity contribution in [3.05, 3.63) is 100 Å². The van der Waals surface area contributed by atoms with Gasteiger partial charge in [0.25, 0.3) is 5.22 Å². The molecule has 170 valence electrons. The number of nitrogens with zero attached hydrogens (tertiary/aromatic N) is 2. The molecule has 0 atom stereocenters. The number of nitrogens with one attached hydrogen (secondary N) is 1. The first kappa shape index (κ1) is 23.8. The molecule has 0 aliphatic rings. The zero-order valence-corrected chi connectivity index (χ0v) is 19.9. The van der Waals surface area contributed by atoms with E-state index in [0.29, 0.717) is 27.2 Å². The maximum Gasteiger partial charge on any atom is 0.277 e. The van der Waals surface area contributed by atoms with Gasteiger partial charge in [0.2, 0.25) is 11.8 Å². The van der Waals surface area contributed by atoms with Crippen LogP contribution in [0.15, 0.2) is 88.5 Å². The second-order valence-electron chi connectivity index (χ2n) is 7.04. The van der Waals surface area contributed by atoms with Gasteiger partial charge >= 0.3 is 0 Å². The maximum absolute atomic E-state index is 12.4. The number of hydrogen-bond donors (Lipinski definition) is 1. The molecule has 1 amide bonds. The van der Waals surface area contributed by atoms with Crippen molar-refractivity contribution in [1.82, 2.24) is 10.2 Å². The minimum atomic E-state index is -0.238. The van der Waals surface area contributed by atoms with E-state index in [1.807, 2.05) is 12.1 Å². The minimum Gasteiger partial charge on any atom is -0.411 e. The van der Waals surface area contributed by atoms with E-state index in [9.17, 15) is 9.59 Å². The zero-order chi connectivity index (χ0) is 23.9. The van der Waals surface area contributed by atoms with Crippen LogP contribution in [0.5, 0.6) is 0 Å². The summed E-state index contributed by atoms with van der Waals surface area (Å²) in [4.78, 5) is 24.6. The highest BCUT2D eigenvalue weighted by Gasteiger charge is 2.12. The first-order valence-corrected chi connectivity index (χ1v) is 11.8. The third-order valence-corrected chi connectivity index (χ3v) is 5.90. The van der Waals surface area contributed by atoms with Gasteiger partial charge in [-0.1, -0.05) is 53.2 Å². The van der Waals surface area contributed by atoms with E-state index >= 15 is 0 Å². The van der Waals surface area contributed by atoms with Crippen molar-refractivity contribution in [2.75, 3.05) is 11.1 Å². The van der Waals surface area contributed by atoms with Crippen LogP contribution in [0.3, 0.4) is 0 Å². The van der Waals surface area contributed by atoms with Crippen LogP contribution >= 0.6 is 35.0 Å². The summed E-state index contributed by atoms with van der Waals surface area (Å²) in [7, 11) is 0. The first-order chi connectivity index (χ1) is 16.5. The highest BCUT2D eigenvalue weighted by atomic mass is 35.5. The van der Waals surface area contributed by atoms with E-state index < -0.39 is 0 Å². The molecule has 3 aromatic carbocycles. The Bertz CT molecular complexity index is 1320. The average Bonchev–Trinajstić information content (AvgIpc) is 3.32. The molecule has 9 heteroatoms. The van der Waals surface area contributed by atoms with Gasteiger partial charge in [0.05, 0.1) is 5.75 Å². The smallest absolute Gasteiger partial charge is 0.277 e. The van der Waals surface area contributed by atoms with Gasteiger partial charge in [0, 0.05) is 26.9 Å². The Balaban J connectivity index is 1.28. The van der Waals surface area contributed by atoms with Crippen LogP contribution < -0.4 is 5.32 Å². The van der Waals surface area contributed by atoms with Crippen molar-refractivity contribution >= 4 is 58.4 Å². The molecule has 0 radical (unpaired) electrons. The molecule has 0 saturated heterocycles. The fourth-order valence-corrected chi connectivity index (χ4v) is 3.68. The molecule has 4 aromatic rings. The molecule has 34 heavy (non-hydrogen) atoms. The van der Waals surface area contributed by atoms with Gasteiger partial charge in [-0.2, -0.15) is 0 Å². The van der Waals surface area contributed by atoms with E-state index in [4.69, 9.17) is 27.6 Å². The van der Waals surface area contributed by atoms with E-state index in [1.54, 1.807) is 66.7 Å². The maximum atomic E-state index is 12.4. The summed E-state index contributed by atoms with van der Waals surface area (Å²) in [5, 5.41) is 12.3. The van der Waals surface area contributed by atoms with E-state index in [2.05, 4.69) is 15.5 Å². The molecule has 1 aromatic heterocycles. The summed E-state index contributed by atoms with van der Waals surface area (Å²) in [6.07, 6.45) is 3.22. The number of halogens is 2. The number of ketones is 1. The lowest BCUT2D eigenvalue weighted by molar-refractivity contribution is -0.113. The molecule has 0 fully saturated rings. The lowest BCUT2D eigenvalue weighted by Gasteiger charge is -2.05. The summed E-state index contributed by atoms with van der Waals surface area (Å²) < 4.78 is 5.58. The number of rotatable bonds is 8. The SMILES string of the molecule is O=C(CSc1nnc(-c2ccc(Cl)cc2)o1)Nc1ccc(C(=O)/C=C/c2ccc(Cl)cc2)cc1. The second kappa shape index (κ2) is 11.2. The number of amides is 1. The number of carbonyl (C=O) groups excluding carboxylic acids is 2. The lowest BCUT2D eigenvalue weighted by Crippen LogP contribution is -2.14. The Hall–Kier alpha value is -3.39. The van der Waals surface area contributed by atoms with Gasteiger partial charge in [0.1, 0.15) is 0 Å². The Morgan fingerprint density at radius 2 is 1.53 bits per heavy atom. The van der Waals surface area contributed by atoms with Crippen molar-refractivity contribution in [2.24, 2.45) is 0 Å². The van der Waals surface area contributed by atoms with Gasteiger partial charge < -0.3 is 9.73 Å². The van der Waals surface area contributed by atoms with Crippen molar-refractivity contribution in [2.45, 2.75) is 5.22 Å². The number of benzene rings is 3. The Kier molecular flexibility index (Phi) is 7.80. The predicted octanol–water partition coefficient (Wildman–Crippen LogP) is 6.67. The number of allylic oxidation sites excluding steroid dienone is 1. The van der Waals surface area contributed by atoms with Gasteiger partial charge in [0.15, 0.2) is 5.78 Å². The molecule has 0 unspecified atom stereocenters. The van der Waals surface area contributed by atoms with Crippen LogP contribution in [0.4, 0.5) is 5.69 Å². The minimum absolute atomic E-state index is 0.0900. The monoisotopic (exact) mass is 509 g/mol. The Labute approximate surface area is 210 Å². The molecular weight excluding hydrogens is 493 g/mol. The molecule has 0 saturated carbocycles. The predicted molar refractivity (Wildman–Crippen MR) is 135 cm³/mol. The van der Waals surface area contributed by atoms with Gasteiger partial charge in [-0.15, -0.1) is 10.2 Å². The van der Waals surface area contributed by atoms with Crippen LogP contribution in [0.2, 0.25) is 10.0 Å². The van der Waals surface area contributed by atoms with Crippen LogP contribution in [0.1, 0.15) is 15.9 Å². The van der Waals surface area contributed by atoms with E-state index in [1.165, 1.54) is 6.08 Å². The Morgan fingerprint density at radius 3 is 2.21 bits per heavy atom. The van der Waals surface area contributed by atoms with Crippen molar-refractivity contribution in [3.63, 3.8) is 0 Å². The van der Waals surface area contributed by atoms with Crippen LogP contribution in [0.25, 0.3) is 17.5 Å². The molecule has 0 bridgehead atoms. The first-order valence-electron chi connectivity index (χ1n) is 10.1. The fourth-order valence-electron chi connectivity index (χ4n) is 2.86. The average molecular weight is 510 g/mol. The highest BCUT2D eigenvalue weighted by molar-refractivity contribution is 7.99. The Morgan fingerprint density at radius 1 is 0.882 bits per heavy atom. The van der Waals surface area contributed by atoms with Gasteiger partial charge in [-0.05, 0) is 72.3 Å². The normalized spacial score (nSPS) is 11.0. The molecule has 0 spiro atoms. The van der Waals surface area contributed by atoms with E-state index in [0.717, 1.165) is 22.9 Å². The largest absolute Gasteiger partial charge is 0.411 e. The molecule has 1 N–H and O–H groups in total. The number of anilines is 1. The van der Waals surface area contributed by atoms with Crippen LogP contribution in [-0.2, 0) is 4.79 Å². The summed E-state index contributed by atoms with van der Waals surface area (Å²) in [6, 6.07) is 20.9. The molecule has 1 heterocycles. The van der Waals surface area contributed by atoms with Crippen molar-refractivity contribution in [1.29, 1.82) is 0 Å². The number of thioether (sulfide) groups is 1. The lowest BCUT2D eigenvalue weighted by atomic mass is 10.1. The van der Waals surface area contributed by atoms with Crippen LogP contribution in [-0.4, -0.2) is 27.6 Å². The topological polar surface area (TPSA) is 85.1 Å². The van der Waals surface area contributed by atoms with Crippen molar-refractivity contribution in [3.8, 4) is 11.5 Å². The van der Waals surface area contributed by atoms with Gasteiger partial charge in [-0.3, -0.25) is 9.59 Å². The quantitative estimate of drug-likeness (QED) is 0.162. The summed E-state index contributed by atoms with van der Waals surface area (Å²) in [5.41, 5.74) is 2.71. The number of aromatic nitrogens is 2. The van der Waals surface area contributed by atoms with Gasteiger partial charge in [-0.25, -0.2) is 0 Å². The molecule has 0 aliphatic carbocycles. The number of hydrogen-bond acceptors (Lipinski definition) is 6. The van der Waals surface area contributed by atoms with Crippen LogP contribution in [0, 0.1) is 0 Å². The zero-order valence-electron chi connectivity index (χ0n) is 17.6. The van der Waals surface area contributed by atoms with E-state index in [-0.39, 0.29) is 22.7 Å². The summed E-state index contributed by atoms with van der Waals surface area (Å²) >= 11 is 12.9. The molecule has 0 aliphatic heterocycles. The third-order valence-electron chi connectivity index (χ3n) is 4.57. The standard InChI is InChI=1S/C25H17Cl2N3O3S/c26-19-8-1-16(2-9-19)3-14-22(31)17-6-12-21(13-7-17)28-23(32)15-34-25-30-29-24(33-25)18-4-10-20(27)11-5-18/h1-14H,15H2,(H,28,32)/b14-3+.